The summed E-state index contributed by atoms with van der Waals surface area (Å²) in [6.07, 6.45) is 2.06. The van der Waals surface area contributed by atoms with Gasteiger partial charge in [-0.05, 0) is 44.4 Å². The highest BCUT2D eigenvalue weighted by molar-refractivity contribution is 9.10. The van der Waals surface area contributed by atoms with Crippen LogP contribution in [-0.4, -0.2) is 17.3 Å². The highest BCUT2D eigenvalue weighted by Crippen LogP contribution is 2.17. The lowest BCUT2D eigenvalue weighted by molar-refractivity contribution is 0.0938. The van der Waals surface area contributed by atoms with Gasteiger partial charge in [0, 0.05) is 21.4 Å². The molecule has 0 bridgehead atoms. The van der Waals surface area contributed by atoms with E-state index < -0.39 is 0 Å². The average Bonchev–Trinajstić information content (AvgIpc) is 2.30. The van der Waals surface area contributed by atoms with Crippen LogP contribution in [0.25, 0.3) is 0 Å². The second-order valence-corrected chi connectivity index (χ2v) is 5.82. The van der Waals surface area contributed by atoms with Gasteiger partial charge in [0.05, 0.1) is 0 Å². The fraction of sp³-hybridized carbons (Fsp3) is 0.462. The number of hydrogen-bond acceptors (Lipinski definition) is 1. The first-order valence-corrected chi connectivity index (χ1v) is 7.59. The maximum atomic E-state index is 11.9. The zero-order chi connectivity index (χ0) is 12.8. The van der Waals surface area contributed by atoms with Crippen molar-refractivity contribution in [2.75, 3.05) is 5.33 Å². The molecule has 0 saturated heterocycles. The minimum Gasteiger partial charge on any atom is -0.350 e. The summed E-state index contributed by atoms with van der Waals surface area (Å²) in [5.41, 5.74) is 1.84. The second-order valence-electron chi connectivity index (χ2n) is 4.17. The molecule has 1 aromatic carbocycles. The largest absolute Gasteiger partial charge is 0.350 e. The molecule has 2 nitrogen and oxygen atoms in total. The van der Waals surface area contributed by atoms with Gasteiger partial charge in [-0.15, -0.1) is 0 Å². The van der Waals surface area contributed by atoms with Crippen molar-refractivity contribution in [2.45, 2.75) is 32.7 Å². The summed E-state index contributed by atoms with van der Waals surface area (Å²) < 4.78 is 0.971. The van der Waals surface area contributed by atoms with Gasteiger partial charge in [0.25, 0.3) is 5.91 Å². The Bertz CT molecular complexity index is 393. The van der Waals surface area contributed by atoms with E-state index in [9.17, 15) is 4.79 Å². The van der Waals surface area contributed by atoms with Crippen LogP contribution in [0.15, 0.2) is 22.7 Å². The van der Waals surface area contributed by atoms with Crippen molar-refractivity contribution in [2.24, 2.45) is 0 Å². The normalized spacial score (nSPS) is 12.2. The van der Waals surface area contributed by atoms with Gasteiger partial charge < -0.3 is 5.32 Å². The maximum Gasteiger partial charge on any atom is 0.251 e. The van der Waals surface area contributed by atoms with Gasteiger partial charge in [-0.25, -0.2) is 0 Å². The van der Waals surface area contributed by atoms with Gasteiger partial charge in [0.1, 0.15) is 0 Å². The van der Waals surface area contributed by atoms with Crippen LogP contribution in [0.1, 0.15) is 35.7 Å². The van der Waals surface area contributed by atoms with Crippen LogP contribution in [0, 0.1) is 6.92 Å². The molecule has 0 radical (unpaired) electrons. The molecule has 1 rings (SSSR count). The van der Waals surface area contributed by atoms with Crippen LogP contribution in [-0.2, 0) is 0 Å². The van der Waals surface area contributed by atoms with Crippen LogP contribution in [0.2, 0.25) is 0 Å². The number of carbonyl (C=O) groups excluding carboxylic acids is 1. The summed E-state index contributed by atoms with van der Waals surface area (Å²) in [7, 11) is 0. The van der Waals surface area contributed by atoms with Crippen LogP contribution < -0.4 is 5.32 Å². The average molecular weight is 363 g/mol. The van der Waals surface area contributed by atoms with E-state index in [4.69, 9.17) is 0 Å². The molecule has 0 aromatic heterocycles. The molecule has 0 fully saturated rings. The predicted octanol–water partition coefficient (Wildman–Crippen LogP) is 4.05. The summed E-state index contributed by atoms with van der Waals surface area (Å²) in [5.74, 6) is -0.00669. The Morgan fingerprint density at radius 3 is 2.76 bits per heavy atom. The quantitative estimate of drug-likeness (QED) is 0.786. The highest BCUT2D eigenvalue weighted by Gasteiger charge is 2.10. The van der Waals surface area contributed by atoms with Crippen LogP contribution in [0.3, 0.4) is 0 Å². The number of hydrogen-bond donors (Lipinski definition) is 1. The molecule has 0 aliphatic rings. The molecule has 4 heteroatoms. The van der Waals surface area contributed by atoms with Crippen LogP contribution in [0.5, 0.6) is 0 Å². The standard InChI is InChI=1S/C13H17Br2NO/c1-9-5-6-11(8-12(9)15)13(17)16-10(2)4-3-7-14/h5-6,8,10H,3-4,7H2,1-2H3,(H,16,17). The first-order chi connectivity index (χ1) is 8.04. The van der Waals surface area contributed by atoms with E-state index in [1.807, 2.05) is 32.0 Å². The molecule has 1 atom stereocenters. The second kappa shape index (κ2) is 7.17. The Morgan fingerprint density at radius 2 is 2.18 bits per heavy atom. The van der Waals surface area contributed by atoms with Crippen molar-refractivity contribution in [1.82, 2.24) is 5.32 Å². The minimum atomic E-state index is -0.00669. The summed E-state index contributed by atoms with van der Waals surface area (Å²) in [4.78, 5) is 11.9. The van der Waals surface area contributed by atoms with E-state index in [2.05, 4.69) is 37.2 Å². The number of benzene rings is 1. The van der Waals surface area contributed by atoms with Gasteiger partial charge in [-0.3, -0.25) is 4.79 Å². The Morgan fingerprint density at radius 1 is 1.47 bits per heavy atom. The van der Waals surface area contributed by atoms with Gasteiger partial charge >= 0.3 is 0 Å². The van der Waals surface area contributed by atoms with Crippen molar-refractivity contribution in [3.8, 4) is 0 Å². The summed E-state index contributed by atoms with van der Waals surface area (Å²) in [5, 5.41) is 3.97. The summed E-state index contributed by atoms with van der Waals surface area (Å²) >= 11 is 6.82. The van der Waals surface area contributed by atoms with E-state index >= 15 is 0 Å². The summed E-state index contributed by atoms with van der Waals surface area (Å²) in [6.45, 7) is 4.04. The van der Waals surface area contributed by atoms with Crippen molar-refractivity contribution in [1.29, 1.82) is 0 Å². The molecule has 0 spiro atoms. The van der Waals surface area contributed by atoms with Gasteiger partial charge in [-0.1, -0.05) is 37.9 Å². The van der Waals surface area contributed by atoms with E-state index in [-0.39, 0.29) is 11.9 Å². The van der Waals surface area contributed by atoms with Gasteiger partial charge in [-0.2, -0.15) is 0 Å². The van der Waals surface area contributed by atoms with Gasteiger partial charge in [0.15, 0.2) is 0 Å². The van der Waals surface area contributed by atoms with Crippen LogP contribution in [0.4, 0.5) is 0 Å². The van der Waals surface area contributed by atoms with Crippen molar-refractivity contribution >= 4 is 37.8 Å². The molecule has 0 heterocycles. The molecule has 1 unspecified atom stereocenters. The lowest BCUT2D eigenvalue weighted by Gasteiger charge is -2.13. The SMILES string of the molecule is Cc1ccc(C(=O)NC(C)CCCBr)cc1Br. The van der Waals surface area contributed by atoms with Crippen molar-refractivity contribution in [3.05, 3.63) is 33.8 Å². The number of rotatable bonds is 5. The molecular formula is C13H17Br2NO. The lowest BCUT2D eigenvalue weighted by atomic mass is 10.1. The molecule has 0 aliphatic carbocycles. The number of amides is 1. The Balaban J connectivity index is 2.60. The fourth-order valence-corrected chi connectivity index (χ4v) is 2.20. The molecule has 0 saturated carbocycles. The highest BCUT2D eigenvalue weighted by atomic mass is 79.9. The molecule has 1 aromatic rings. The number of alkyl halides is 1. The third-order valence-corrected chi connectivity index (χ3v) is 4.00. The topological polar surface area (TPSA) is 29.1 Å². The minimum absolute atomic E-state index is 0.00669. The number of halogens is 2. The first-order valence-electron chi connectivity index (χ1n) is 5.67. The smallest absolute Gasteiger partial charge is 0.251 e. The van der Waals surface area contributed by atoms with Crippen molar-refractivity contribution in [3.63, 3.8) is 0 Å². The zero-order valence-electron chi connectivity index (χ0n) is 10.1. The fourth-order valence-electron chi connectivity index (χ4n) is 1.50. The number of aryl methyl sites for hydroxylation is 1. The molecule has 0 aliphatic heterocycles. The van der Waals surface area contributed by atoms with Crippen molar-refractivity contribution < 1.29 is 4.79 Å². The predicted molar refractivity (Wildman–Crippen MR) is 78.8 cm³/mol. The monoisotopic (exact) mass is 361 g/mol. The Hall–Kier alpha value is -0.350. The molecule has 94 valence electrons. The number of nitrogens with one attached hydrogen (secondary N) is 1. The third kappa shape index (κ3) is 4.80. The first kappa shape index (κ1) is 14.7. The van der Waals surface area contributed by atoms with E-state index in [0.29, 0.717) is 5.56 Å². The molecule has 1 N–H and O–H groups in total. The molecule has 17 heavy (non-hydrogen) atoms. The number of carbonyl (C=O) groups is 1. The molecular weight excluding hydrogens is 346 g/mol. The van der Waals surface area contributed by atoms with Crippen LogP contribution >= 0.6 is 31.9 Å². The Kier molecular flexibility index (Phi) is 6.20. The van der Waals surface area contributed by atoms with Gasteiger partial charge in [0.2, 0.25) is 0 Å². The molecule has 1 amide bonds. The Labute approximate surface area is 119 Å². The lowest BCUT2D eigenvalue weighted by Crippen LogP contribution is -2.32. The maximum absolute atomic E-state index is 11.9. The third-order valence-electron chi connectivity index (χ3n) is 2.58. The van der Waals surface area contributed by atoms with E-state index in [1.165, 1.54) is 0 Å². The van der Waals surface area contributed by atoms with E-state index in [0.717, 1.165) is 28.2 Å². The summed E-state index contributed by atoms with van der Waals surface area (Å²) in [6, 6.07) is 5.87. The zero-order valence-corrected chi connectivity index (χ0v) is 13.3. The van der Waals surface area contributed by atoms with E-state index in [1.54, 1.807) is 0 Å².